The maximum Gasteiger partial charge on any atom is -0.00921 e. The topological polar surface area (TPSA) is 0 Å². The van der Waals surface area contributed by atoms with Gasteiger partial charge in [0.1, 0.15) is 0 Å². The molecule has 0 heteroatoms. The molecule has 0 spiro atoms. The molecule has 0 unspecified atom stereocenters. The summed E-state index contributed by atoms with van der Waals surface area (Å²) in [7, 11) is 0. The van der Waals surface area contributed by atoms with Crippen molar-refractivity contribution >= 4 is 86.2 Å². The van der Waals surface area contributed by atoms with Crippen LogP contribution in [0.5, 0.6) is 0 Å². The van der Waals surface area contributed by atoms with Gasteiger partial charge >= 0.3 is 0 Å². The minimum absolute atomic E-state index is 1.29. The average Bonchev–Trinajstić information content (AvgIpc) is 3.00. The summed E-state index contributed by atoms with van der Waals surface area (Å²) >= 11 is 0. The average molecular weight is 479 g/mol. The van der Waals surface area contributed by atoms with Gasteiger partial charge in [-0.3, -0.25) is 0 Å². The van der Waals surface area contributed by atoms with E-state index >= 15 is 0 Å². The second kappa shape index (κ2) is 7.31. The van der Waals surface area contributed by atoms with Gasteiger partial charge in [-0.1, -0.05) is 109 Å². The van der Waals surface area contributed by atoms with E-state index in [0.29, 0.717) is 0 Å². The Labute approximate surface area is 219 Å². The molecule has 0 aliphatic carbocycles. The molecule has 0 bridgehead atoms. The lowest BCUT2D eigenvalue weighted by atomic mass is 9.87. The van der Waals surface area contributed by atoms with Crippen molar-refractivity contribution in [3.63, 3.8) is 0 Å². The third kappa shape index (κ3) is 2.59. The van der Waals surface area contributed by atoms with E-state index in [-0.39, 0.29) is 0 Å². The fourth-order valence-electron chi connectivity index (χ4n) is 6.85. The van der Waals surface area contributed by atoms with E-state index in [4.69, 9.17) is 0 Å². The van der Waals surface area contributed by atoms with Crippen molar-refractivity contribution in [3.05, 3.63) is 133 Å². The SMILES string of the molecule is c1ccc2c(c1)ccc1cc3c(cc12)c1ccccc1c1cc2c4ccccc4c4ccccc4c2cc31. The van der Waals surface area contributed by atoms with Crippen molar-refractivity contribution in [2.24, 2.45) is 0 Å². The Bertz CT molecular complexity index is 2440. The van der Waals surface area contributed by atoms with E-state index in [2.05, 4.69) is 133 Å². The van der Waals surface area contributed by atoms with Gasteiger partial charge in [0.05, 0.1) is 0 Å². The predicted octanol–water partition coefficient (Wildman–Crippen LogP) is 10.9. The molecule has 0 N–H and O–H groups in total. The van der Waals surface area contributed by atoms with Gasteiger partial charge in [-0.15, -0.1) is 0 Å². The molecule has 0 amide bonds. The summed E-state index contributed by atoms with van der Waals surface area (Å²) in [5.41, 5.74) is 0. The van der Waals surface area contributed by atoms with Crippen LogP contribution >= 0.6 is 0 Å². The van der Waals surface area contributed by atoms with Crippen molar-refractivity contribution in [1.29, 1.82) is 0 Å². The molecule has 0 nitrogen and oxygen atoms in total. The van der Waals surface area contributed by atoms with Crippen molar-refractivity contribution in [3.8, 4) is 0 Å². The van der Waals surface area contributed by atoms with Crippen LogP contribution in [0.2, 0.25) is 0 Å². The lowest BCUT2D eigenvalue weighted by Crippen LogP contribution is -1.88. The lowest BCUT2D eigenvalue weighted by Gasteiger charge is -2.16. The molecule has 0 aliphatic rings. The smallest absolute Gasteiger partial charge is 0.00921 e. The summed E-state index contributed by atoms with van der Waals surface area (Å²) < 4.78 is 0. The molecule has 0 saturated carbocycles. The molecule has 0 radical (unpaired) electrons. The van der Waals surface area contributed by atoms with E-state index in [9.17, 15) is 0 Å². The van der Waals surface area contributed by atoms with Crippen LogP contribution in [0.15, 0.2) is 133 Å². The molecule has 0 aliphatic heterocycles. The lowest BCUT2D eigenvalue weighted by molar-refractivity contribution is 1.78. The molecule has 9 aromatic carbocycles. The minimum Gasteiger partial charge on any atom is -0.0616 e. The van der Waals surface area contributed by atoms with Crippen molar-refractivity contribution in [1.82, 2.24) is 0 Å². The van der Waals surface area contributed by atoms with Crippen LogP contribution in [0.25, 0.3) is 86.2 Å². The van der Waals surface area contributed by atoms with Crippen molar-refractivity contribution < 1.29 is 0 Å². The first-order chi connectivity index (χ1) is 18.8. The molecule has 0 heterocycles. The Morgan fingerprint density at radius 3 is 1.00 bits per heavy atom. The van der Waals surface area contributed by atoms with Crippen LogP contribution < -0.4 is 0 Å². The van der Waals surface area contributed by atoms with Crippen LogP contribution in [0.1, 0.15) is 0 Å². The monoisotopic (exact) mass is 478 g/mol. The van der Waals surface area contributed by atoms with Gasteiger partial charge in [0.25, 0.3) is 0 Å². The Morgan fingerprint density at radius 2 is 0.500 bits per heavy atom. The normalized spacial score (nSPS) is 12.2. The molecule has 0 saturated heterocycles. The van der Waals surface area contributed by atoms with Crippen LogP contribution in [0, 0.1) is 0 Å². The van der Waals surface area contributed by atoms with Gasteiger partial charge in [-0.25, -0.2) is 0 Å². The summed E-state index contributed by atoms with van der Waals surface area (Å²) in [6.07, 6.45) is 0. The number of fused-ring (bicyclic) bond motifs is 15. The standard InChI is InChI=1S/C38H22/c1-2-10-25-23(9-1)17-18-24-19-33-34(20-32(24)25)30-15-7-8-16-31(30)37-21-35-28-13-5-3-11-26(28)27-12-4-6-14-29(27)36(35)22-38(33)37/h1-22H. The first kappa shape index (κ1) is 20.2. The zero-order chi connectivity index (χ0) is 24.8. The van der Waals surface area contributed by atoms with Crippen LogP contribution in [-0.2, 0) is 0 Å². The number of hydrogen-bond donors (Lipinski definition) is 0. The van der Waals surface area contributed by atoms with Crippen molar-refractivity contribution in [2.75, 3.05) is 0 Å². The zero-order valence-electron chi connectivity index (χ0n) is 20.7. The Hall–Kier alpha value is -4.94. The van der Waals surface area contributed by atoms with Crippen LogP contribution in [0.3, 0.4) is 0 Å². The maximum absolute atomic E-state index is 2.46. The molecule has 38 heavy (non-hydrogen) atoms. The summed E-state index contributed by atoms with van der Waals surface area (Å²) in [6.45, 7) is 0. The second-order valence-corrected chi connectivity index (χ2v) is 10.5. The molecule has 0 atom stereocenters. The fourth-order valence-corrected chi connectivity index (χ4v) is 6.85. The Balaban J connectivity index is 1.57. The molecule has 0 fully saturated rings. The summed E-state index contributed by atoms with van der Waals surface area (Å²) in [4.78, 5) is 0. The number of benzene rings is 9. The largest absolute Gasteiger partial charge is 0.0616 e. The summed E-state index contributed by atoms with van der Waals surface area (Å²) in [5.74, 6) is 0. The first-order valence-corrected chi connectivity index (χ1v) is 13.3. The van der Waals surface area contributed by atoms with E-state index in [0.717, 1.165) is 0 Å². The van der Waals surface area contributed by atoms with Gasteiger partial charge in [0.15, 0.2) is 0 Å². The highest BCUT2D eigenvalue weighted by atomic mass is 14.2. The number of rotatable bonds is 0. The maximum atomic E-state index is 2.46. The van der Waals surface area contributed by atoms with E-state index in [1.807, 2.05) is 0 Å². The van der Waals surface area contributed by atoms with E-state index in [1.54, 1.807) is 0 Å². The second-order valence-electron chi connectivity index (χ2n) is 10.5. The third-order valence-corrected chi connectivity index (χ3v) is 8.56. The minimum atomic E-state index is 1.29. The predicted molar refractivity (Wildman–Crippen MR) is 166 cm³/mol. The molecular formula is C38H22. The highest BCUT2D eigenvalue weighted by Gasteiger charge is 2.15. The quantitative estimate of drug-likeness (QED) is 0.150. The molecule has 9 aromatic rings. The van der Waals surface area contributed by atoms with Gasteiger partial charge in [-0.05, 0) is 110 Å². The Kier molecular flexibility index (Phi) is 3.88. The third-order valence-electron chi connectivity index (χ3n) is 8.56. The number of hydrogen-bond acceptors (Lipinski definition) is 0. The molecular weight excluding hydrogens is 456 g/mol. The molecule has 9 rings (SSSR count). The van der Waals surface area contributed by atoms with Crippen LogP contribution in [0.4, 0.5) is 0 Å². The molecule has 0 aromatic heterocycles. The summed E-state index contributed by atoms with van der Waals surface area (Å²) in [6, 6.07) is 49.6. The Morgan fingerprint density at radius 1 is 0.184 bits per heavy atom. The van der Waals surface area contributed by atoms with Gasteiger partial charge in [-0.2, -0.15) is 0 Å². The van der Waals surface area contributed by atoms with Gasteiger partial charge in [0.2, 0.25) is 0 Å². The van der Waals surface area contributed by atoms with E-state index in [1.165, 1.54) is 86.2 Å². The van der Waals surface area contributed by atoms with E-state index < -0.39 is 0 Å². The highest BCUT2D eigenvalue weighted by molar-refractivity contribution is 6.34. The summed E-state index contributed by atoms with van der Waals surface area (Å²) in [5, 5.41) is 21.0. The van der Waals surface area contributed by atoms with Crippen molar-refractivity contribution in [2.45, 2.75) is 0 Å². The highest BCUT2D eigenvalue weighted by Crippen LogP contribution is 2.43. The zero-order valence-corrected chi connectivity index (χ0v) is 20.7. The van der Waals surface area contributed by atoms with Crippen LogP contribution in [-0.4, -0.2) is 0 Å². The van der Waals surface area contributed by atoms with Gasteiger partial charge in [0, 0.05) is 0 Å². The first-order valence-electron chi connectivity index (χ1n) is 13.3. The molecule has 174 valence electrons. The van der Waals surface area contributed by atoms with Gasteiger partial charge < -0.3 is 0 Å². The fraction of sp³-hybridized carbons (Fsp3) is 0.